The average Bonchev–Trinajstić information content (AvgIpc) is 3.15. The number of para-hydroxylation sites is 1. The van der Waals surface area contributed by atoms with Crippen molar-refractivity contribution in [3.63, 3.8) is 0 Å². The van der Waals surface area contributed by atoms with Crippen LogP contribution in [0.5, 0.6) is 0 Å². The quantitative estimate of drug-likeness (QED) is 0.542. The molecule has 0 bridgehead atoms. The molecule has 1 aromatic heterocycles. The Labute approximate surface area is 157 Å². The Morgan fingerprint density at radius 3 is 2.15 bits per heavy atom. The highest BCUT2D eigenvalue weighted by atomic mass is 15.2. The minimum absolute atomic E-state index is 0.0888. The van der Waals surface area contributed by atoms with Crippen LogP contribution in [0, 0.1) is 0 Å². The second-order valence-corrected chi connectivity index (χ2v) is 7.67. The van der Waals surface area contributed by atoms with Crippen molar-refractivity contribution in [2.45, 2.75) is 57.9 Å². The molecule has 4 rings (SSSR count). The van der Waals surface area contributed by atoms with Crippen molar-refractivity contribution in [1.82, 2.24) is 4.57 Å². The predicted molar refractivity (Wildman–Crippen MR) is 108 cm³/mol. The lowest BCUT2D eigenvalue weighted by atomic mass is 9.59. The van der Waals surface area contributed by atoms with Gasteiger partial charge in [-0.15, -0.1) is 0 Å². The summed E-state index contributed by atoms with van der Waals surface area (Å²) in [6.45, 7) is 9.51. The topological polar surface area (TPSA) is 8.81 Å². The molecule has 0 N–H and O–H groups in total. The van der Waals surface area contributed by atoms with Crippen LogP contribution in [0.25, 0.3) is 17.1 Å². The van der Waals surface area contributed by atoms with Crippen LogP contribution < -0.4 is 4.57 Å². The molecule has 0 spiro atoms. The molecule has 26 heavy (non-hydrogen) atoms. The summed E-state index contributed by atoms with van der Waals surface area (Å²) in [4.78, 5) is 0. The zero-order valence-corrected chi connectivity index (χ0v) is 16.4. The smallest absolute Gasteiger partial charge is 0.223 e. The van der Waals surface area contributed by atoms with Crippen LogP contribution in [0.2, 0.25) is 0 Å². The van der Waals surface area contributed by atoms with Crippen LogP contribution in [-0.2, 0) is 11.0 Å². The van der Waals surface area contributed by atoms with Crippen LogP contribution >= 0.6 is 0 Å². The van der Waals surface area contributed by atoms with Crippen molar-refractivity contribution in [3.05, 3.63) is 72.6 Å². The Morgan fingerprint density at radius 2 is 1.50 bits per heavy atom. The number of aromatic nitrogens is 2. The minimum Gasteiger partial charge on any atom is -0.223 e. The first-order chi connectivity index (χ1) is 12.6. The Hall–Kier alpha value is -2.35. The summed E-state index contributed by atoms with van der Waals surface area (Å²) in [7, 11) is 0. The van der Waals surface area contributed by atoms with E-state index in [0.29, 0.717) is 0 Å². The normalized spacial score (nSPS) is 20.5. The summed E-state index contributed by atoms with van der Waals surface area (Å²) >= 11 is 0. The van der Waals surface area contributed by atoms with Gasteiger partial charge in [0.2, 0.25) is 0 Å². The molecule has 0 aliphatic carbocycles. The molecule has 0 radical (unpaired) electrons. The first kappa shape index (κ1) is 17.1. The highest BCUT2D eigenvalue weighted by Crippen LogP contribution is 2.51. The summed E-state index contributed by atoms with van der Waals surface area (Å²) in [5.41, 5.74) is 4.28. The number of benzene rings is 2. The number of hydrogen-bond acceptors (Lipinski definition) is 0. The second-order valence-electron chi connectivity index (χ2n) is 7.67. The summed E-state index contributed by atoms with van der Waals surface area (Å²) in [5.74, 6) is 1.31. The summed E-state index contributed by atoms with van der Waals surface area (Å²) in [6.07, 6.45) is 7.92. The lowest BCUT2D eigenvalue weighted by Gasteiger charge is -2.49. The average molecular weight is 346 g/mol. The zero-order chi connectivity index (χ0) is 18.4. The van der Waals surface area contributed by atoms with Gasteiger partial charge in [0.1, 0.15) is 23.6 Å². The van der Waals surface area contributed by atoms with E-state index in [9.17, 15) is 0 Å². The Bertz CT molecular complexity index is 918. The Balaban J connectivity index is 2.10. The highest BCUT2D eigenvalue weighted by Gasteiger charge is 2.56. The molecule has 2 aromatic carbocycles. The van der Waals surface area contributed by atoms with Gasteiger partial charge in [0, 0.05) is 5.41 Å². The van der Waals surface area contributed by atoms with Crippen molar-refractivity contribution in [2.75, 3.05) is 0 Å². The summed E-state index contributed by atoms with van der Waals surface area (Å²) < 4.78 is 4.93. The first-order valence-electron chi connectivity index (χ1n) is 9.91. The fourth-order valence-corrected chi connectivity index (χ4v) is 5.36. The molecule has 2 nitrogen and oxygen atoms in total. The first-order valence-corrected chi connectivity index (χ1v) is 9.91. The third-order valence-corrected chi connectivity index (χ3v) is 6.98. The fraction of sp³-hybridized carbons (Fsp3) is 0.375. The van der Waals surface area contributed by atoms with Gasteiger partial charge in [0.15, 0.2) is 0 Å². The predicted octanol–water partition coefficient (Wildman–Crippen LogP) is 5.63. The van der Waals surface area contributed by atoms with E-state index in [0.717, 1.165) is 19.3 Å². The molecule has 0 saturated carbocycles. The van der Waals surface area contributed by atoms with Crippen molar-refractivity contribution in [2.24, 2.45) is 0 Å². The molecule has 0 saturated heterocycles. The van der Waals surface area contributed by atoms with E-state index in [1.165, 1.54) is 22.6 Å². The monoisotopic (exact) mass is 345 g/mol. The number of hydrogen-bond donors (Lipinski definition) is 0. The molecule has 0 fully saturated rings. The maximum atomic E-state index is 2.58. The van der Waals surface area contributed by atoms with Gasteiger partial charge in [-0.25, -0.2) is 4.57 Å². The molecule has 0 amide bonds. The van der Waals surface area contributed by atoms with E-state index in [1.807, 2.05) is 0 Å². The van der Waals surface area contributed by atoms with E-state index >= 15 is 0 Å². The van der Waals surface area contributed by atoms with Crippen molar-refractivity contribution in [1.29, 1.82) is 0 Å². The summed E-state index contributed by atoms with van der Waals surface area (Å²) in [5, 5.41) is 0. The van der Waals surface area contributed by atoms with E-state index < -0.39 is 0 Å². The van der Waals surface area contributed by atoms with Crippen LogP contribution in [-0.4, -0.2) is 4.57 Å². The maximum absolute atomic E-state index is 2.58. The lowest BCUT2D eigenvalue weighted by Crippen LogP contribution is -2.68. The molecular weight excluding hydrogens is 316 g/mol. The van der Waals surface area contributed by atoms with Gasteiger partial charge in [0.25, 0.3) is 5.82 Å². The molecule has 3 aromatic rings. The standard InChI is InChI=1S/C24H29N2/c1-5-23(4)21-16-12-11-15-20(21)22-25(19-13-9-8-10-14-19)17-18-26(22)24(23,6-2)7-3/h8-18H,5-7H2,1-4H3/q+1. The molecule has 1 aliphatic heterocycles. The third-order valence-electron chi connectivity index (χ3n) is 6.98. The van der Waals surface area contributed by atoms with Gasteiger partial charge in [0.05, 0.1) is 5.56 Å². The molecule has 1 unspecified atom stereocenters. The van der Waals surface area contributed by atoms with Gasteiger partial charge < -0.3 is 0 Å². The van der Waals surface area contributed by atoms with Crippen molar-refractivity contribution < 1.29 is 4.57 Å². The molecule has 1 aliphatic rings. The lowest BCUT2D eigenvalue weighted by molar-refractivity contribution is -0.768. The van der Waals surface area contributed by atoms with E-state index in [-0.39, 0.29) is 11.0 Å². The molecule has 2 heterocycles. The van der Waals surface area contributed by atoms with Crippen LogP contribution in [0.15, 0.2) is 67.0 Å². The highest BCUT2D eigenvalue weighted by molar-refractivity contribution is 5.65. The number of fused-ring (bicyclic) bond motifs is 3. The van der Waals surface area contributed by atoms with Gasteiger partial charge in [-0.2, -0.15) is 4.57 Å². The van der Waals surface area contributed by atoms with E-state index in [1.54, 1.807) is 0 Å². The number of imidazole rings is 1. The molecule has 134 valence electrons. The second kappa shape index (κ2) is 6.12. The zero-order valence-electron chi connectivity index (χ0n) is 16.4. The largest absolute Gasteiger partial charge is 0.294 e. The van der Waals surface area contributed by atoms with Gasteiger partial charge >= 0.3 is 0 Å². The molecular formula is C24H29N2+. The van der Waals surface area contributed by atoms with Gasteiger partial charge in [-0.3, -0.25) is 0 Å². The van der Waals surface area contributed by atoms with E-state index in [2.05, 4.69) is 104 Å². The van der Waals surface area contributed by atoms with Gasteiger partial charge in [-0.1, -0.05) is 64.1 Å². The Morgan fingerprint density at radius 1 is 0.846 bits per heavy atom. The molecule has 1 atom stereocenters. The van der Waals surface area contributed by atoms with Crippen LogP contribution in [0.4, 0.5) is 0 Å². The van der Waals surface area contributed by atoms with Crippen LogP contribution in [0.1, 0.15) is 52.5 Å². The maximum Gasteiger partial charge on any atom is 0.294 e. The van der Waals surface area contributed by atoms with E-state index in [4.69, 9.17) is 0 Å². The molecule has 2 heteroatoms. The number of rotatable bonds is 4. The third kappa shape index (κ3) is 2.02. The fourth-order valence-electron chi connectivity index (χ4n) is 5.36. The summed E-state index contributed by atoms with van der Waals surface area (Å²) in [6, 6.07) is 19.7. The Kier molecular flexibility index (Phi) is 4.02. The van der Waals surface area contributed by atoms with Crippen LogP contribution in [0.3, 0.4) is 0 Å². The van der Waals surface area contributed by atoms with Gasteiger partial charge in [-0.05, 0) is 43.0 Å². The minimum atomic E-state index is 0.0888. The number of nitrogens with zero attached hydrogens (tertiary/aromatic N) is 2. The SMILES string of the molecule is CCC1(C)c2ccccc2-c2n(-c3ccccc3)cc[n+]2C1(CC)CC. The van der Waals surface area contributed by atoms with Crippen molar-refractivity contribution in [3.8, 4) is 17.1 Å². The van der Waals surface area contributed by atoms with Crippen molar-refractivity contribution >= 4 is 0 Å².